The molecule has 0 saturated heterocycles. The summed E-state index contributed by atoms with van der Waals surface area (Å²) in [4.78, 5) is 4.42. The number of aromatic nitrogens is 3. The van der Waals surface area contributed by atoms with Gasteiger partial charge in [-0.3, -0.25) is 4.98 Å². The summed E-state index contributed by atoms with van der Waals surface area (Å²) in [6.45, 7) is 8.13. The van der Waals surface area contributed by atoms with Crippen molar-refractivity contribution in [2.45, 2.75) is 40.0 Å². The Balaban J connectivity index is 1.95. The summed E-state index contributed by atoms with van der Waals surface area (Å²) in [6, 6.07) is 3.94. The van der Waals surface area contributed by atoms with Gasteiger partial charge in [-0.25, -0.2) is 0 Å². The lowest BCUT2D eigenvalue weighted by Gasteiger charge is -2.01. The molecule has 0 fully saturated rings. The first-order chi connectivity index (χ1) is 9.70. The Kier molecular flexibility index (Phi) is 5.24. The van der Waals surface area contributed by atoms with Gasteiger partial charge >= 0.3 is 0 Å². The van der Waals surface area contributed by atoms with E-state index in [0.717, 1.165) is 49.3 Å². The molecule has 5 nitrogen and oxygen atoms in total. The summed E-state index contributed by atoms with van der Waals surface area (Å²) in [6.07, 6.45) is 2.97. The van der Waals surface area contributed by atoms with Crippen LogP contribution in [0.15, 0.2) is 16.5 Å². The van der Waals surface area contributed by atoms with Crippen LogP contribution in [0.4, 0.5) is 0 Å². The van der Waals surface area contributed by atoms with Crippen molar-refractivity contribution in [3.05, 3.63) is 29.4 Å². The molecule has 0 bridgehead atoms. The third-order valence-electron chi connectivity index (χ3n) is 3.09. The van der Waals surface area contributed by atoms with Crippen molar-refractivity contribution in [3.8, 4) is 11.5 Å². The van der Waals surface area contributed by atoms with Crippen molar-refractivity contribution in [2.75, 3.05) is 13.1 Å². The summed E-state index contributed by atoms with van der Waals surface area (Å²) in [5, 5.41) is 11.6. The van der Waals surface area contributed by atoms with E-state index in [1.807, 2.05) is 26.0 Å². The Morgan fingerprint density at radius 2 is 2.00 bits per heavy atom. The smallest absolute Gasteiger partial charge is 0.249 e. The largest absolute Gasteiger partial charge is 0.421 e. The molecule has 0 spiro atoms. The Hall–Kier alpha value is -1.75. The molecule has 0 radical (unpaired) electrons. The van der Waals surface area contributed by atoms with Crippen molar-refractivity contribution < 1.29 is 4.42 Å². The Morgan fingerprint density at radius 3 is 2.75 bits per heavy atom. The van der Waals surface area contributed by atoms with Gasteiger partial charge in [0, 0.05) is 12.1 Å². The molecule has 0 aliphatic heterocycles. The van der Waals surface area contributed by atoms with Crippen molar-refractivity contribution in [3.63, 3.8) is 0 Å². The van der Waals surface area contributed by atoms with Crippen molar-refractivity contribution >= 4 is 0 Å². The number of nitrogens with zero attached hydrogens (tertiary/aromatic N) is 3. The third kappa shape index (κ3) is 3.87. The van der Waals surface area contributed by atoms with Gasteiger partial charge in [0.05, 0.1) is 11.3 Å². The fraction of sp³-hybridized carbons (Fsp3) is 0.533. The molecule has 108 valence electrons. The molecule has 1 N–H and O–H groups in total. The van der Waals surface area contributed by atoms with Gasteiger partial charge in [0.15, 0.2) is 0 Å². The minimum Gasteiger partial charge on any atom is -0.421 e. The number of rotatable bonds is 7. The molecule has 0 saturated carbocycles. The van der Waals surface area contributed by atoms with Gasteiger partial charge in [0.2, 0.25) is 11.8 Å². The van der Waals surface area contributed by atoms with Gasteiger partial charge in [-0.1, -0.05) is 6.92 Å². The number of nitrogens with one attached hydrogen (secondary N) is 1. The molecule has 0 atom stereocenters. The van der Waals surface area contributed by atoms with E-state index in [-0.39, 0.29) is 0 Å². The van der Waals surface area contributed by atoms with Crippen LogP contribution < -0.4 is 5.32 Å². The van der Waals surface area contributed by atoms with Crippen molar-refractivity contribution in [2.24, 2.45) is 0 Å². The molecule has 0 aromatic carbocycles. The van der Waals surface area contributed by atoms with E-state index < -0.39 is 0 Å². The fourth-order valence-corrected chi connectivity index (χ4v) is 2.04. The van der Waals surface area contributed by atoms with Crippen LogP contribution in [0.25, 0.3) is 11.5 Å². The SMILES string of the molecule is CCCNCCCc1nnc(-c2ccc(C)nc2C)o1. The first-order valence-electron chi connectivity index (χ1n) is 7.18. The highest BCUT2D eigenvalue weighted by Crippen LogP contribution is 2.21. The van der Waals surface area contributed by atoms with Gasteiger partial charge in [-0.15, -0.1) is 10.2 Å². The Labute approximate surface area is 119 Å². The predicted molar refractivity (Wildman–Crippen MR) is 78.5 cm³/mol. The molecule has 0 amide bonds. The average molecular weight is 274 g/mol. The second-order valence-electron chi connectivity index (χ2n) is 4.94. The van der Waals surface area contributed by atoms with Crippen LogP contribution in [0.5, 0.6) is 0 Å². The molecule has 2 aromatic heterocycles. The Bertz CT molecular complexity index is 551. The van der Waals surface area contributed by atoms with E-state index in [4.69, 9.17) is 4.42 Å². The van der Waals surface area contributed by atoms with Gasteiger partial charge in [0.25, 0.3) is 0 Å². The monoisotopic (exact) mass is 274 g/mol. The maximum atomic E-state index is 5.71. The van der Waals surface area contributed by atoms with E-state index in [1.54, 1.807) is 0 Å². The molecule has 2 rings (SSSR count). The lowest BCUT2D eigenvalue weighted by Crippen LogP contribution is -2.16. The first kappa shape index (κ1) is 14.7. The molecule has 20 heavy (non-hydrogen) atoms. The average Bonchev–Trinajstić information content (AvgIpc) is 2.87. The zero-order chi connectivity index (χ0) is 14.4. The molecule has 0 aliphatic carbocycles. The minimum atomic E-state index is 0.562. The molecule has 2 heterocycles. The summed E-state index contributed by atoms with van der Waals surface area (Å²) in [7, 11) is 0. The van der Waals surface area contributed by atoms with Crippen LogP contribution in [0.2, 0.25) is 0 Å². The third-order valence-corrected chi connectivity index (χ3v) is 3.09. The van der Waals surface area contributed by atoms with Gasteiger partial charge in [-0.2, -0.15) is 0 Å². The number of pyridine rings is 1. The lowest BCUT2D eigenvalue weighted by atomic mass is 10.2. The number of hydrogen-bond acceptors (Lipinski definition) is 5. The first-order valence-corrected chi connectivity index (χ1v) is 7.18. The van der Waals surface area contributed by atoms with Crippen LogP contribution in [0.1, 0.15) is 37.0 Å². The quantitative estimate of drug-likeness (QED) is 0.786. The van der Waals surface area contributed by atoms with Crippen LogP contribution in [-0.4, -0.2) is 28.3 Å². The highest BCUT2D eigenvalue weighted by atomic mass is 16.4. The highest BCUT2D eigenvalue weighted by molar-refractivity contribution is 5.55. The fourth-order valence-electron chi connectivity index (χ4n) is 2.04. The lowest BCUT2D eigenvalue weighted by molar-refractivity contribution is 0.491. The van der Waals surface area contributed by atoms with Gasteiger partial charge in [-0.05, 0) is 51.9 Å². The molecule has 0 aliphatic rings. The highest BCUT2D eigenvalue weighted by Gasteiger charge is 2.11. The van der Waals surface area contributed by atoms with Crippen LogP contribution >= 0.6 is 0 Å². The zero-order valence-electron chi connectivity index (χ0n) is 12.4. The van der Waals surface area contributed by atoms with Crippen LogP contribution in [0, 0.1) is 13.8 Å². The molecule has 2 aromatic rings. The summed E-state index contributed by atoms with van der Waals surface area (Å²) in [5.74, 6) is 1.25. The Morgan fingerprint density at radius 1 is 1.15 bits per heavy atom. The molecular weight excluding hydrogens is 252 g/mol. The maximum Gasteiger partial charge on any atom is 0.249 e. The zero-order valence-corrected chi connectivity index (χ0v) is 12.4. The molecule has 0 unspecified atom stereocenters. The van der Waals surface area contributed by atoms with E-state index in [1.165, 1.54) is 0 Å². The number of hydrogen-bond donors (Lipinski definition) is 1. The second-order valence-corrected chi connectivity index (χ2v) is 4.94. The van der Waals surface area contributed by atoms with E-state index >= 15 is 0 Å². The van der Waals surface area contributed by atoms with Gasteiger partial charge < -0.3 is 9.73 Å². The predicted octanol–water partition coefficient (Wildman–Crippen LogP) is 2.68. The summed E-state index contributed by atoms with van der Waals surface area (Å²) < 4.78 is 5.71. The maximum absolute atomic E-state index is 5.71. The second kappa shape index (κ2) is 7.14. The normalized spacial score (nSPS) is 10.9. The van der Waals surface area contributed by atoms with E-state index in [0.29, 0.717) is 11.8 Å². The molecule has 5 heteroatoms. The van der Waals surface area contributed by atoms with Crippen LogP contribution in [0.3, 0.4) is 0 Å². The van der Waals surface area contributed by atoms with Crippen LogP contribution in [-0.2, 0) is 6.42 Å². The van der Waals surface area contributed by atoms with Crippen molar-refractivity contribution in [1.29, 1.82) is 0 Å². The topological polar surface area (TPSA) is 63.8 Å². The van der Waals surface area contributed by atoms with E-state index in [2.05, 4.69) is 27.4 Å². The summed E-state index contributed by atoms with van der Waals surface area (Å²) in [5.41, 5.74) is 2.83. The minimum absolute atomic E-state index is 0.562. The summed E-state index contributed by atoms with van der Waals surface area (Å²) >= 11 is 0. The van der Waals surface area contributed by atoms with Gasteiger partial charge in [0.1, 0.15) is 0 Å². The van der Waals surface area contributed by atoms with Crippen molar-refractivity contribution in [1.82, 2.24) is 20.5 Å². The van der Waals surface area contributed by atoms with E-state index in [9.17, 15) is 0 Å². The standard InChI is InChI=1S/C15H22N4O/c1-4-9-16-10-5-6-14-18-19-15(20-14)13-8-7-11(2)17-12(13)3/h7-8,16H,4-6,9-10H2,1-3H3. The number of aryl methyl sites for hydroxylation is 3. The molecular formula is C15H22N4O.